The van der Waals surface area contributed by atoms with Crippen LogP contribution in [0.15, 0.2) is 48.2 Å². The van der Waals surface area contributed by atoms with Gasteiger partial charge in [0.25, 0.3) is 0 Å². The molecule has 6 nitrogen and oxygen atoms in total. The number of Topliss-reactive ketones (excluding diaryl/α,β-unsaturated/α-hetero) is 1. The summed E-state index contributed by atoms with van der Waals surface area (Å²) in [5.74, 6) is 2.43. The molecule has 0 fully saturated rings. The molecule has 0 atom stereocenters. The Morgan fingerprint density at radius 2 is 1.62 bits per heavy atom. The fourth-order valence-electron chi connectivity index (χ4n) is 3.65. The van der Waals surface area contributed by atoms with E-state index in [0.717, 1.165) is 5.56 Å². The van der Waals surface area contributed by atoms with Crippen molar-refractivity contribution in [2.24, 2.45) is 0 Å². The number of hydrogen-bond acceptors (Lipinski definition) is 6. The number of hydrogen-bond donors (Lipinski definition) is 0. The zero-order chi connectivity index (χ0) is 24.4. The van der Waals surface area contributed by atoms with Crippen molar-refractivity contribution in [3.63, 3.8) is 0 Å². The van der Waals surface area contributed by atoms with Crippen LogP contribution in [0.1, 0.15) is 27.0 Å². The van der Waals surface area contributed by atoms with Crippen molar-refractivity contribution >= 4 is 35.1 Å². The van der Waals surface area contributed by atoms with Crippen LogP contribution in [0.3, 0.4) is 0 Å². The van der Waals surface area contributed by atoms with E-state index in [0.29, 0.717) is 55.5 Å². The predicted molar refractivity (Wildman–Crippen MR) is 131 cm³/mol. The van der Waals surface area contributed by atoms with E-state index in [9.17, 15) is 4.79 Å². The van der Waals surface area contributed by atoms with Crippen molar-refractivity contribution < 1.29 is 28.5 Å². The van der Waals surface area contributed by atoms with E-state index in [1.807, 2.05) is 13.0 Å². The third-order valence-electron chi connectivity index (χ3n) is 5.42. The molecular formula is C26H22Cl2O6. The first-order valence-electron chi connectivity index (χ1n) is 10.3. The lowest BCUT2D eigenvalue weighted by Gasteiger charge is -2.13. The van der Waals surface area contributed by atoms with Crippen LogP contribution < -0.4 is 23.7 Å². The second kappa shape index (κ2) is 9.87. The molecule has 8 heteroatoms. The topological polar surface area (TPSA) is 63.2 Å². The summed E-state index contributed by atoms with van der Waals surface area (Å²) in [5, 5.41) is 1.08. The summed E-state index contributed by atoms with van der Waals surface area (Å²) in [6.45, 7) is 2.09. The number of ketones is 1. The molecule has 0 saturated heterocycles. The highest BCUT2D eigenvalue weighted by Crippen LogP contribution is 2.42. The molecule has 1 aliphatic heterocycles. The molecule has 0 radical (unpaired) electrons. The summed E-state index contributed by atoms with van der Waals surface area (Å²) in [6, 6.07) is 12.2. The van der Waals surface area contributed by atoms with Crippen LogP contribution in [0.25, 0.3) is 6.08 Å². The normalized spacial score (nSPS) is 13.5. The van der Waals surface area contributed by atoms with Crippen LogP contribution in [0.5, 0.6) is 28.7 Å². The van der Waals surface area contributed by atoms with Crippen LogP contribution in [-0.4, -0.2) is 27.1 Å². The molecule has 3 aromatic carbocycles. The Morgan fingerprint density at radius 3 is 2.24 bits per heavy atom. The summed E-state index contributed by atoms with van der Waals surface area (Å²) in [5.41, 5.74) is 2.64. The molecule has 0 aliphatic carbocycles. The van der Waals surface area contributed by atoms with Crippen molar-refractivity contribution in [1.82, 2.24) is 0 Å². The van der Waals surface area contributed by atoms with Gasteiger partial charge in [-0.15, -0.1) is 0 Å². The molecule has 176 valence electrons. The maximum absolute atomic E-state index is 13.0. The zero-order valence-corrected chi connectivity index (χ0v) is 20.5. The Balaban J connectivity index is 1.61. The monoisotopic (exact) mass is 500 g/mol. The third kappa shape index (κ3) is 4.52. The maximum Gasteiger partial charge on any atom is 0.231 e. The van der Waals surface area contributed by atoms with Gasteiger partial charge in [0.15, 0.2) is 17.3 Å². The van der Waals surface area contributed by atoms with Gasteiger partial charge in [-0.1, -0.05) is 29.3 Å². The molecule has 1 aliphatic rings. The van der Waals surface area contributed by atoms with Crippen molar-refractivity contribution in [2.75, 3.05) is 21.3 Å². The number of methoxy groups -OCH3 is 3. The Labute approximate surface area is 207 Å². The fourth-order valence-corrected chi connectivity index (χ4v) is 4.12. The lowest BCUT2D eigenvalue weighted by molar-refractivity contribution is 0.101. The molecular weight excluding hydrogens is 479 g/mol. The van der Waals surface area contributed by atoms with E-state index in [1.165, 1.54) is 21.3 Å². The molecule has 4 rings (SSSR count). The minimum absolute atomic E-state index is 0.185. The van der Waals surface area contributed by atoms with E-state index in [1.54, 1.807) is 42.5 Å². The van der Waals surface area contributed by atoms with Crippen LogP contribution in [0.4, 0.5) is 0 Å². The Hall–Kier alpha value is -3.35. The maximum atomic E-state index is 13.0. The molecule has 1 heterocycles. The largest absolute Gasteiger partial charge is 0.493 e. The molecule has 0 unspecified atom stereocenters. The number of fused-ring (bicyclic) bond motifs is 1. The highest BCUT2D eigenvalue weighted by atomic mass is 35.5. The van der Waals surface area contributed by atoms with Gasteiger partial charge < -0.3 is 23.7 Å². The third-order valence-corrected chi connectivity index (χ3v) is 6.01. The summed E-state index contributed by atoms with van der Waals surface area (Å²) in [6.07, 6.45) is 1.64. The molecule has 0 saturated carbocycles. The molecule has 0 N–H and O–H groups in total. The van der Waals surface area contributed by atoms with E-state index in [-0.39, 0.29) is 18.1 Å². The smallest absolute Gasteiger partial charge is 0.231 e. The fraction of sp³-hybridized carbons (Fsp3) is 0.192. The quantitative estimate of drug-likeness (QED) is 0.344. The summed E-state index contributed by atoms with van der Waals surface area (Å²) in [4.78, 5) is 13.0. The molecule has 0 aromatic heterocycles. The number of rotatable bonds is 7. The first-order valence-corrected chi connectivity index (χ1v) is 11.1. The van der Waals surface area contributed by atoms with Gasteiger partial charge in [-0.05, 0) is 55.0 Å². The van der Waals surface area contributed by atoms with E-state index >= 15 is 0 Å². The van der Waals surface area contributed by atoms with Gasteiger partial charge in [0, 0.05) is 21.2 Å². The number of ether oxygens (including phenoxy) is 5. The minimum atomic E-state index is -0.223. The van der Waals surface area contributed by atoms with Gasteiger partial charge in [0.2, 0.25) is 11.5 Å². The molecule has 0 bridgehead atoms. The lowest BCUT2D eigenvalue weighted by atomic mass is 10.1. The Kier molecular flexibility index (Phi) is 6.91. The van der Waals surface area contributed by atoms with Gasteiger partial charge in [-0.3, -0.25) is 4.79 Å². The summed E-state index contributed by atoms with van der Waals surface area (Å²) < 4.78 is 28.1. The second-order valence-corrected chi connectivity index (χ2v) is 8.33. The van der Waals surface area contributed by atoms with Crippen molar-refractivity contribution in [1.29, 1.82) is 0 Å². The standard InChI is InChI=1S/C26H22Cl2O6/c1-14-20(33-13-16-5-6-17(27)12-19(16)28)8-7-18-24(29)21(34-25(14)18)9-15-10-22(30-2)26(32-4)23(11-15)31-3/h5-12H,13H2,1-4H3/b21-9-. The van der Waals surface area contributed by atoms with Crippen LogP contribution in [0, 0.1) is 6.92 Å². The lowest BCUT2D eigenvalue weighted by Crippen LogP contribution is -1.99. The van der Waals surface area contributed by atoms with Gasteiger partial charge in [0.05, 0.1) is 26.9 Å². The number of carbonyl (C=O) groups is 1. The van der Waals surface area contributed by atoms with Crippen molar-refractivity contribution in [3.8, 4) is 28.7 Å². The summed E-state index contributed by atoms with van der Waals surface area (Å²) >= 11 is 12.2. The molecule has 3 aromatic rings. The summed E-state index contributed by atoms with van der Waals surface area (Å²) in [7, 11) is 4.59. The van der Waals surface area contributed by atoms with E-state index in [4.69, 9.17) is 46.9 Å². The van der Waals surface area contributed by atoms with Crippen LogP contribution in [0.2, 0.25) is 10.0 Å². The Morgan fingerprint density at radius 1 is 0.912 bits per heavy atom. The SMILES string of the molecule is COc1cc(/C=C2\Oc3c(ccc(OCc4ccc(Cl)cc4Cl)c3C)C2=O)cc(OC)c1OC. The number of carbonyl (C=O) groups excluding carboxylic acids is 1. The van der Waals surface area contributed by atoms with Crippen LogP contribution >= 0.6 is 23.2 Å². The number of benzene rings is 3. The first kappa shape index (κ1) is 23.8. The van der Waals surface area contributed by atoms with Crippen molar-refractivity contribution in [3.05, 3.63) is 80.5 Å². The van der Waals surface area contributed by atoms with Gasteiger partial charge >= 0.3 is 0 Å². The van der Waals surface area contributed by atoms with Gasteiger partial charge in [-0.2, -0.15) is 0 Å². The average molecular weight is 501 g/mol. The zero-order valence-electron chi connectivity index (χ0n) is 19.0. The second-order valence-electron chi connectivity index (χ2n) is 7.49. The highest BCUT2D eigenvalue weighted by Gasteiger charge is 2.30. The van der Waals surface area contributed by atoms with E-state index < -0.39 is 0 Å². The molecule has 0 amide bonds. The van der Waals surface area contributed by atoms with Gasteiger partial charge in [0.1, 0.15) is 18.1 Å². The highest BCUT2D eigenvalue weighted by molar-refractivity contribution is 6.35. The predicted octanol–water partition coefficient (Wildman–Crippen LogP) is 6.52. The first-order chi connectivity index (χ1) is 16.4. The van der Waals surface area contributed by atoms with Crippen LogP contribution in [-0.2, 0) is 6.61 Å². The average Bonchev–Trinajstić information content (AvgIpc) is 3.14. The van der Waals surface area contributed by atoms with Gasteiger partial charge in [-0.25, -0.2) is 0 Å². The molecule has 0 spiro atoms. The Bertz CT molecular complexity index is 1270. The van der Waals surface area contributed by atoms with Crippen molar-refractivity contribution in [2.45, 2.75) is 13.5 Å². The number of halogens is 2. The number of allylic oxidation sites excluding steroid dienone is 1. The molecule has 34 heavy (non-hydrogen) atoms. The minimum Gasteiger partial charge on any atom is -0.493 e. The van der Waals surface area contributed by atoms with E-state index in [2.05, 4.69) is 0 Å².